The van der Waals surface area contributed by atoms with Crippen molar-refractivity contribution in [3.05, 3.63) is 88.9 Å². The first-order valence-electron chi connectivity index (χ1n) is 19.5. The number of amides is 3. The summed E-state index contributed by atoms with van der Waals surface area (Å²) in [7, 11) is 0. The van der Waals surface area contributed by atoms with E-state index in [4.69, 9.17) is 4.74 Å². The van der Waals surface area contributed by atoms with Crippen LogP contribution in [0.4, 0.5) is 21.5 Å². The largest absolute Gasteiger partial charge is 0.373 e. The predicted octanol–water partition coefficient (Wildman–Crippen LogP) is 4.35. The lowest BCUT2D eigenvalue weighted by atomic mass is 9.89. The number of nitrogens with one attached hydrogen (secondary N) is 2. The highest BCUT2D eigenvalue weighted by molar-refractivity contribution is 6.05. The molecule has 0 radical (unpaired) electrons. The van der Waals surface area contributed by atoms with Gasteiger partial charge in [-0.25, -0.2) is 4.39 Å². The van der Waals surface area contributed by atoms with Crippen molar-refractivity contribution in [2.45, 2.75) is 50.3 Å². The summed E-state index contributed by atoms with van der Waals surface area (Å²) in [5.41, 5.74) is 7.22. The number of piperazine rings is 1. The molecule has 12 nitrogen and oxygen atoms in total. The van der Waals surface area contributed by atoms with Crippen molar-refractivity contribution in [3.63, 3.8) is 0 Å². The van der Waals surface area contributed by atoms with Crippen LogP contribution in [0.2, 0.25) is 0 Å². The summed E-state index contributed by atoms with van der Waals surface area (Å²) in [5, 5.41) is 12.2. The summed E-state index contributed by atoms with van der Waals surface area (Å²) in [4.78, 5) is 51.5. The third-order valence-corrected chi connectivity index (χ3v) is 12.3. The molecule has 5 aliphatic rings. The van der Waals surface area contributed by atoms with Gasteiger partial charge in [-0.15, -0.1) is 0 Å². The number of aromatic amines is 1. The summed E-state index contributed by atoms with van der Waals surface area (Å²) >= 11 is 0. The minimum atomic E-state index is -0.606. The third-order valence-electron chi connectivity index (χ3n) is 12.3. The van der Waals surface area contributed by atoms with Gasteiger partial charge in [-0.3, -0.25) is 24.6 Å². The third kappa shape index (κ3) is 6.78. The first kappa shape index (κ1) is 35.3. The van der Waals surface area contributed by atoms with Crippen molar-refractivity contribution >= 4 is 45.7 Å². The van der Waals surface area contributed by atoms with Crippen LogP contribution in [0.3, 0.4) is 0 Å². The second kappa shape index (κ2) is 14.7. The summed E-state index contributed by atoms with van der Waals surface area (Å²) in [5.74, 6) is -0.718. The Bertz CT molecular complexity index is 2170. The predicted molar refractivity (Wildman–Crippen MR) is 207 cm³/mol. The van der Waals surface area contributed by atoms with Crippen LogP contribution in [-0.2, 0) is 20.9 Å². The second-order valence-corrected chi connectivity index (χ2v) is 15.5. The van der Waals surface area contributed by atoms with E-state index in [-0.39, 0.29) is 36.1 Å². The highest BCUT2D eigenvalue weighted by Crippen LogP contribution is 2.36. The van der Waals surface area contributed by atoms with E-state index in [1.54, 1.807) is 11.1 Å². The van der Waals surface area contributed by atoms with Crippen molar-refractivity contribution in [3.8, 4) is 6.07 Å². The Morgan fingerprint density at radius 3 is 2.40 bits per heavy atom. The van der Waals surface area contributed by atoms with E-state index in [1.807, 2.05) is 18.2 Å². The maximum absolute atomic E-state index is 14.5. The van der Waals surface area contributed by atoms with Crippen LogP contribution in [0, 0.1) is 17.1 Å². The molecule has 3 amide bonds. The van der Waals surface area contributed by atoms with E-state index >= 15 is 0 Å². The number of fused-ring (bicyclic) bond motifs is 2. The van der Waals surface area contributed by atoms with Crippen LogP contribution in [-0.4, -0.2) is 110 Å². The number of aromatic nitrogens is 1. The molecule has 4 saturated heterocycles. The quantitative estimate of drug-likeness (QED) is 0.266. The Kier molecular flexibility index (Phi) is 9.40. The average molecular weight is 745 g/mol. The lowest BCUT2D eigenvalue weighted by Gasteiger charge is -2.40. The summed E-state index contributed by atoms with van der Waals surface area (Å²) < 4.78 is 20.8. The molecule has 1 aromatic heterocycles. The van der Waals surface area contributed by atoms with Crippen molar-refractivity contribution in [2.24, 2.45) is 0 Å². The van der Waals surface area contributed by atoms with Crippen LogP contribution in [0.25, 0.3) is 10.9 Å². The summed E-state index contributed by atoms with van der Waals surface area (Å²) in [6.45, 7) is 9.00. The Labute approximate surface area is 319 Å². The number of H-pyrrole nitrogens is 1. The average Bonchev–Trinajstić information content (AvgIpc) is 3.80. The molecule has 2 N–H and O–H groups in total. The van der Waals surface area contributed by atoms with Crippen molar-refractivity contribution < 1.29 is 23.5 Å². The van der Waals surface area contributed by atoms with E-state index in [0.717, 1.165) is 88.7 Å². The first-order valence-corrected chi connectivity index (χ1v) is 19.5. The van der Waals surface area contributed by atoms with Gasteiger partial charge in [-0.1, -0.05) is 12.1 Å². The van der Waals surface area contributed by atoms with Gasteiger partial charge in [0.05, 0.1) is 34.9 Å². The van der Waals surface area contributed by atoms with E-state index in [0.29, 0.717) is 47.5 Å². The van der Waals surface area contributed by atoms with Gasteiger partial charge < -0.3 is 29.3 Å². The second-order valence-electron chi connectivity index (χ2n) is 15.5. The number of rotatable bonds is 7. The van der Waals surface area contributed by atoms with E-state index in [2.05, 4.69) is 66.3 Å². The van der Waals surface area contributed by atoms with Gasteiger partial charge in [-0.2, -0.15) is 5.26 Å². The molecule has 6 heterocycles. The smallest absolute Gasteiger partial charge is 0.255 e. The lowest BCUT2D eigenvalue weighted by molar-refractivity contribution is -0.136. The maximum atomic E-state index is 14.5. The molecule has 4 aromatic rings. The molecule has 5 aliphatic heterocycles. The highest BCUT2D eigenvalue weighted by Gasteiger charge is 2.39. The van der Waals surface area contributed by atoms with Gasteiger partial charge >= 0.3 is 0 Å². The van der Waals surface area contributed by atoms with E-state index in [9.17, 15) is 24.0 Å². The van der Waals surface area contributed by atoms with Crippen LogP contribution >= 0.6 is 0 Å². The molecular formula is C42H45FN8O4. The van der Waals surface area contributed by atoms with Crippen LogP contribution in [0.1, 0.15) is 58.6 Å². The molecule has 0 aliphatic carbocycles. The van der Waals surface area contributed by atoms with Gasteiger partial charge in [0.25, 0.3) is 5.91 Å². The minimum absolute atomic E-state index is 0.121. The number of nitrogens with zero attached hydrogens (tertiary/aromatic N) is 6. The molecule has 55 heavy (non-hydrogen) atoms. The summed E-state index contributed by atoms with van der Waals surface area (Å²) in [6.07, 6.45) is 4.34. The molecule has 4 fully saturated rings. The maximum Gasteiger partial charge on any atom is 0.255 e. The van der Waals surface area contributed by atoms with Crippen LogP contribution in [0.5, 0.6) is 0 Å². The van der Waals surface area contributed by atoms with Gasteiger partial charge in [0.1, 0.15) is 17.9 Å². The Balaban J connectivity index is 0.755. The van der Waals surface area contributed by atoms with Crippen molar-refractivity contribution in [1.82, 2.24) is 20.1 Å². The van der Waals surface area contributed by atoms with E-state index < -0.39 is 6.04 Å². The van der Waals surface area contributed by atoms with Crippen LogP contribution < -0.4 is 20.0 Å². The summed E-state index contributed by atoms with van der Waals surface area (Å²) in [6, 6.07) is 19.8. The molecule has 0 saturated carbocycles. The number of hydrogen-bond donors (Lipinski definition) is 2. The molecule has 0 spiro atoms. The SMILES string of the molecule is N#Cc1c[nH]c2c(N3CCC(c4ccc(N5CCO[C@H](CN6CCN(c7ccc8c(c7)CN(C7CCC(=O)NC7=O)C8=O)CC6)C5)cc4)CC3)ccc(F)c12. The number of benzene rings is 3. The number of nitriles is 1. The zero-order chi connectivity index (χ0) is 37.6. The minimum Gasteiger partial charge on any atom is -0.373 e. The molecule has 2 atom stereocenters. The Hall–Kier alpha value is -5.45. The molecular weight excluding hydrogens is 700 g/mol. The van der Waals surface area contributed by atoms with Gasteiger partial charge in [0.15, 0.2) is 0 Å². The van der Waals surface area contributed by atoms with Crippen molar-refractivity contribution in [2.75, 3.05) is 80.2 Å². The number of halogens is 1. The molecule has 284 valence electrons. The number of imide groups is 1. The number of hydrogen-bond acceptors (Lipinski definition) is 9. The van der Waals surface area contributed by atoms with Gasteiger partial charge in [0.2, 0.25) is 11.8 Å². The molecule has 1 unspecified atom stereocenters. The topological polar surface area (TPSA) is 128 Å². The number of carbonyl (C=O) groups excluding carboxylic acids is 3. The fraction of sp³-hybridized carbons (Fsp3) is 0.429. The fourth-order valence-electron chi connectivity index (χ4n) is 9.25. The van der Waals surface area contributed by atoms with E-state index in [1.165, 1.54) is 17.3 Å². The molecule has 13 heteroatoms. The number of ether oxygens (including phenoxy) is 1. The monoisotopic (exact) mass is 744 g/mol. The molecule has 3 aromatic carbocycles. The van der Waals surface area contributed by atoms with Crippen LogP contribution in [0.15, 0.2) is 60.8 Å². The first-order chi connectivity index (χ1) is 26.8. The van der Waals surface area contributed by atoms with Gasteiger partial charge in [0, 0.05) is 95.0 Å². The molecule has 9 rings (SSSR count). The normalized spacial score (nSPS) is 22.7. The number of piperidine rings is 2. The Morgan fingerprint density at radius 2 is 1.64 bits per heavy atom. The number of carbonyl (C=O) groups is 3. The Morgan fingerprint density at radius 1 is 0.855 bits per heavy atom. The number of morpholine rings is 1. The molecule has 0 bridgehead atoms. The highest BCUT2D eigenvalue weighted by atomic mass is 19.1. The van der Waals surface area contributed by atoms with Gasteiger partial charge in [-0.05, 0) is 78.8 Å². The number of anilines is 3. The fourth-order valence-corrected chi connectivity index (χ4v) is 9.25. The zero-order valence-corrected chi connectivity index (χ0v) is 30.8. The zero-order valence-electron chi connectivity index (χ0n) is 30.8. The standard InChI is InChI=1S/C42H45FN8O4/c43-35-7-8-36(40-39(35)30(22-44)23-45-40)49-13-11-28(12-14-49)27-1-3-31(4-2-27)50-19-20-55-33(26-50)25-47-15-17-48(18-16-47)32-5-6-34-29(21-32)24-51(42(34)54)37-9-10-38(52)46-41(37)53/h1-8,21,23,28,33,37,45H,9-20,24-26H2,(H,46,52,53)/t33-,37?/m1/s1. The lowest BCUT2D eigenvalue weighted by Crippen LogP contribution is -2.52. The van der Waals surface area contributed by atoms with Crippen molar-refractivity contribution in [1.29, 1.82) is 5.26 Å².